The third kappa shape index (κ3) is 7.41. The molecule has 0 spiro atoms. The lowest BCUT2D eigenvalue weighted by atomic mass is 10.0. The Kier molecular flexibility index (Phi) is 11.3. The molecule has 0 fully saturated rings. The lowest BCUT2D eigenvalue weighted by Crippen LogP contribution is -2.25. The zero-order valence-electron chi connectivity index (χ0n) is 23.2. The molecule has 0 atom stereocenters. The van der Waals surface area contributed by atoms with E-state index in [1.807, 2.05) is 19.9 Å². The molecular weight excluding hydrogens is 491 g/mol. The predicted octanol–water partition coefficient (Wildman–Crippen LogP) is 7.20. The molecular formula is C30H44F3N3O2. The molecule has 8 heteroatoms. The van der Waals surface area contributed by atoms with Crippen LogP contribution in [0.5, 0.6) is 0 Å². The van der Waals surface area contributed by atoms with Gasteiger partial charge >= 0.3 is 6.18 Å². The van der Waals surface area contributed by atoms with E-state index in [1.165, 1.54) is 25.7 Å². The summed E-state index contributed by atoms with van der Waals surface area (Å²) >= 11 is 0. The van der Waals surface area contributed by atoms with Gasteiger partial charge in [0.15, 0.2) is 0 Å². The zero-order chi connectivity index (χ0) is 27.7. The van der Waals surface area contributed by atoms with E-state index in [0.29, 0.717) is 11.5 Å². The molecule has 0 saturated carbocycles. The molecule has 3 rings (SSSR count). The summed E-state index contributed by atoms with van der Waals surface area (Å²) in [5, 5.41) is 9.63. The van der Waals surface area contributed by atoms with E-state index in [9.17, 15) is 18.0 Å². The van der Waals surface area contributed by atoms with Gasteiger partial charge in [0.2, 0.25) is 5.56 Å². The lowest BCUT2D eigenvalue weighted by Gasteiger charge is -2.19. The molecule has 0 amide bonds. The molecule has 3 aromatic rings. The number of aliphatic hydroxyl groups excluding tert-OH is 1. The number of unbranched alkanes of at least 4 members (excludes halogenated alkanes) is 7. The van der Waals surface area contributed by atoms with E-state index in [0.717, 1.165) is 81.5 Å². The largest absolute Gasteiger partial charge is 0.417 e. The fraction of sp³-hybridized carbons (Fsp3) is 0.633. The Bertz CT molecular complexity index is 1230. The highest BCUT2D eigenvalue weighted by Gasteiger charge is 2.34. The molecule has 0 aliphatic heterocycles. The van der Waals surface area contributed by atoms with Crippen molar-refractivity contribution in [3.8, 4) is 0 Å². The number of aryl methyl sites for hydroxylation is 2. The number of aliphatic hydroxyl groups is 1. The molecule has 1 aromatic carbocycles. The fourth-order valence-corrected chi connectivity index (χ4v) is 5.74. The molecule has 5 nitrogen and oxygen atoms in total. The first kappa shape index (κ1) is 30.2. The van der Waals surface area contributed by atoms with Crippen molar-refractivity contribution in [1.29, 1.82) is 0 Å². The van der Waals surface area contributed by atoms with E-state index >= 15 is 0 Å². The highest BCUT2D eigenvalue weighted by molar-refractivity contribution is 6.09. The van der Waals surface area contributed by atoms with Crippen LogP contribution in [0.15, 0.2) is 23.0 Å². The number of hydrogen-bond acceptors (Lipinski definition) is 3. The van der Waals surface area contributed by atoms with Crippen molar-refractivity contribution in [3.63, 3.8) is 0 Å². The molecule has 0 bridgehead atoms. The van der Waals surface area contributed by atoms with Crippen LogP contribution in [0.2, 0.25) is 0 Å². The maximum absolute atomic E-state index is 13.9. The minimum Gasteiger partial charge on any atom is -0.396 e. The second-order valence-electron chi connectivity index (χ2n) is 10.3. The Morgan fingerprint density at radius 1 is 0.921 bits per heavy atom. The maximum atomic E-state index is 13.9. The molecule has 2 N–H and O–H groups in total. The van der Waals surface area contributed by atoms with Gasteiger partial charge in [-0.2, -0.15) is 13.2 Å². The van der Waals surface area contributed by atoms with Gasteiger partial charge in [0.25, 0.3) is 0 Å². The van der Waals surface area contributed by atoms with Crippen LogP contribution < -0.4 is 5.56 Å². The highest BCUT2D eigenvalue weighted by atomic mass is 19.4. The molecule has 0 unspecified atom stereocenters. The van der Waals surface area contributed by atoms with Gasteiger partial charge in [-0.3, -0.25) is 4.79 Å². The second kappa shape index (κ2) is 14.2. The second-order valence-corrected chi connectivity index (χ2v) is 10.3. The van der Waals surface area contributed by atoms with Crippen LogP contribution in [0.1, 0.15) is 88.5 Å². The van der Waals surface area contributed by atoms with Crippen molar-refractivity contribution in [2.45, 2.75) is 97.7 Å². The van der Waals surface area contributed by atoms with Crippen LogP contribution in [-0.2, 0) is 19.1 Å². The molecule has 0 saturated heterocycles. The minimum atomic E-state index is -4.60. The smallest absolute Gasteiger partial charge is 0.396 e. The summed E-state index contributed by atoms with van der Waals surface area (Å²) in [6, 6.07) is 4.14. The van der Waals surface area contributed by atoms with Gasteiger partial charge in [-0.1, -0.05) is 46.0 Å². The molecule has 212 valence electrons. The van der Waals surface area contributed by atoms with Gasteiger partial charge in [-0.05, 0) is 76.4 Å². The molecule has 2 heterocycles. The Labute approximate surface area is 224 Å². The van der Waals surface area contributed by atoms with Gasteiger partial charge in [0.1, 0.15) is 0 Å². The normalized spacial score (nSPS) is 12.4. The number of fused-ring (bicyclic) bond motifs is 3. The van der Waals surface area contributed by atoms with Gasteiger partial charge < -0.3 is 19.6 Å². The van der Waals surface area contributed by atoms with E-state index in [4.69, 9.17) is 5.11 Å². The fourth-order valence-electron chi connectivity index (χ4n) is 5.74. The number of hydrogen-bond donors (Lipinski definition) is 2. The quantitative estimate of drug-likeness (QED) is 0.191. The summed E-state index contributed by atoms with van der Waals surface area (Å²) in [5.41, 5.74) is 1.36. The lowest BCUT2D eigenvalue weighted by molar-refractivity contribution is -0.136. The van der Waals surface area contributed by atoms with Gasteiger partial charge in [-0.15, -0.1) is 0 Å². The van der Waals surface area contributed by atoms with E-state index < -0.39 is 17.3 Å². The SMILES string of the molecule is CCc1c(C)c2c3c(C(F)(F)F)cc(=O)[nH]c3ccc2n1CCCCCCCCCN(CC)CCCCO. The number of aromatic nitrogens is 2. The van der Waals surface area contributed by atoms with Crippen molar-refractivity contribution in [2.75, 3.05) is 26.2 Å². The number of aromatic amines is 1. The Hall–Kier alpha value is -2.32. The Balaban J connectivity index is 1.59. The average Bonchev–Trinajstić information content (AvgIpc) is 3.16. The highest BCUT2D eigenvalue weighted by Crippen LogP contribution is 2.39. The number of H-pyrrole nitrogens is 1. The van der Waals surface area contributed by atoms with Gasteiger partial charge in [0, 0.05) is 46.7 Å². The third-order valence-electron chi connectivity index (χ3n) is 7.74. The van der Waals surface area contributed by atoms with Crippen molar-refractivity contribution in [1.82, 2.24) is 14.5 Å². The summed E-state index contributed by atoms with van der Waals surface area (Å²) in [4.78, 5) is 17.0. The monoisotopic (exact) mass is 535 g/mol. The standard InChI is InChI=1S/C30H44F3N3O2/c1-4-25-22(3)28-26(16-15-24-29(28)23(30(31,32)33)21-27(38)34-24)36(25)19-12-10-8-6-7-9-11-17-35(5-2)18-13-14-20-37/h15-16,21,37H,4-14,17-20H2,1-3H3,(H,34,38). The van der Waals surface area contributed by atoms with Crippen molar-refractivity contribution in [3.05, 3.63) is 45.4 Å². The maximum Gasteiger partial charge on any atom is 0.417 e. The summed E-state index contributed by atoms with van der Waals surface area (Å²) in [5.74, 6) is 0. The summed E-state index contributed by atoms with van der Waals surface area (Å²) in [7, 11) is 0. The van der Waals surface area contributed by atoms with Crippen LogP contribution >= 0.6 is 0 Å². The first-order valence-electron chi connectivity index (χ1n) is 14.3. The van der Waals surface area contributed by atoms with E-state index in [2.05, 4.69) is 21.4 Å². The van der Waals surface area contributed by atoms with Crippen molar-refractivity contribution < 1.29 is 18.3 Å². The number of benzene rings is 1. The molecule has 2 aromatic heterocycles. The van der Waals surface area contributed by atoms with Gasteiger partial charge in [0.05, 0.1) is 5.56 Å². The van der Waals surface area contributed by atoms with Crippen LogP contribution in [-0.4, -0.2) is 45.8 Å². The van der Waals surface area contributed by atoms with Gasteiger partial charge in [-0.25, -0.2) is 0 Å². The van der Waals surface area contributed by atoms with Crippen LogP contribution in [0.4, 0.5) is 13.2 Å². The number of halogens is 3. The zero-order valence-corrected chi connectivity index (χ0v) is 23.2. The van der Waals surface area contributed by atoms with Crippen LogP contribution in [0.3, 0.4) is 0 Å². The van der Waals surface area contributed by atoms with E-state index in [-0.39, 0.29) is 17.5 Å². The molecule has 0 aliphatic rings. The number of nitrogens with one attached hydrogen (secondary N) is 1. The first-order valence-corrected chi connectivity index (χ1v) is 14.3. The average molecular weight is 536 g/mol. The summed E-state index contributed by atoms with van der Waals surface area (Å²) < 4.78 is 43.9. The van der Waals surface area contributed by atoms with Crippen molar-refractivity contribution in [2.24, 2.45) is 0 Å². The minimum absolute atomic E-state index is 0.0931. The molecule has 0 radical (unpaired) electrons. The number of pyridine rings is 1. The first-order chi connectivity index (χ1) is 18.2. The third-order valence-corrected chi connectivity index (χ3v) is 7.74. The number of nitrogens with zero attached hydrogens (tertiary/aromatic N) is 2. The topological polar surface area (TPSA) is 61.3 Å². The number of alkyl halides is 3. The molecule has 38 heavy (non-hydrogen) atoms. The predicted molar refractivity (Wildman–Crippen MR) is 150 cm³/mol. The summed E-state index contributed by atoms with van der Waals surface area (Å²) in [6.07, 6.45) is 6.18. The summed E-state index contributed by atoms with van der Waals surface area (Å²) in [6.45, 7) is 10.4. The van der Waals surface area contributed by atoms with Crippen molar-refractivity contribution >= 4 is 21.8 Å². The Morgan fingerprint density at radius 3 is 2.16 bits per heavy atom. The van der Waals surface area contributed by atoms with E-state index in [1.54, 1.807) is 6.07 Å². The Morgan fingerprint density at radius 2 is 1.55 bits per heavy atom. The number of rotatable bonds is 16. The molecule has 0 aliphatic carbocycles. The van der Waals surface area contributed by atoms with Crippen LogP contribution in [0.25, 0.3) is 21.8 Å². The van der Waals surface area contributed by atoms with Crippen LogP contribution in [0, 0.1) is 6.92 Å².